The van der Waals surface area contributed by atoms with Crippen molar-refractivity contribution in [2.75, 3.05) is 20.1 Å². The number of carboxylic acids is 1. The van der Waals surface area contributed by atoms with Crippen molar-refractivity contribution in [2.45, 2.75) is 31.3 Å². The summed E-state index contributed by atoms with van der Waals surface area (Å²) in [7, 11) is 2.02. The zero-order valence-corrected chi connectivity index (χ0v) is 12.0. The lowest BCUT2D eigenvalue weighted by Crippen LogP contribution is -2.48. The van der Waals surface area contributed by atoms with Crippen LogP contribution in [0.4, 0.5) is 4.79 Å². The summed E-state index contributed by atoms with van der Waals surface area (Å²) >= 11 is 0. The maximum atomic E-state index is 11.7. The molecule has 8 heteroatoms. The third-order valence-corrected chi connectivity index (χ3v) is 3.50. The quantitative estimate of drug-likeness (QED) is 0.531. The van der Waals surface area contributed by atoms with Crippen LogP contribution in [0.15, 0.2) is 12.5 Å². The van der Waals surface area contributed by atoms with Crippen LogP contribution in [0.3, 0.4) is 0 Å². The Morgan fingerprint density at radius 1 is 1.57 bits per heavy atom. The van der Waals surface area contributed by atoms with Crippen molar-refractivity contribution < 1.29 is 14.7 Å². The van der Waals surface area contributed by atoms with Crippen molar-refractivity contribution in [2.24, 2.45) is 0 Å². The summed E-state index contributed by atoms with van der Waals surface area (Å²) in [5, 5.41) is 14.3. The molecule has 1 aliphatic carbocycles. The molecule has 0 saturated heterocycles. The molecule has 1 heterocycles. The van der Waals surface area contributed by atoms with Crippen molar-refractivity contribution >= 4 is 12.0 Å². The topological polar surface area (TPSA) is 110 Å². The van der Waals surface area contributed by atoms with Gasteiger partial charge in [0.25, 0.3) is 0 Å². The van der Waals surface area contributed by atoms with E-state index in [9.17, 15) is 9.59 Å². The average Bonchev–Trinajstić information content (AvgIpc) is 3.16. The minimum Gasteiger partial charge on any atom is -0.480 e. The highest BCUT2D eigenvalue weighted by atomic mass is 16.4. The molecule has 1 fully saturated rings. The lowest BCUT2D eigenvalue weighted by atomic mass is 10.2. The summed E-state index contributed by atoms with van der Waals surface area (Å²) in [5.41, 5.74) is 0.663. The normalized spacial score (nSPS) is 15.7. The van der Waals surface area contributed by atoms with Crippen LogP contribution in [-0.2, 0) is 11.2 Å². The van der Waals surface area contributed by atoms with E-state index in [2.05, 4.69) is 25.5 Å². The van der Waals surface area contributed by atoms with Crippen molar-refractivity contribution in [1.82, 2.24) is 25.5 Å². The standard InChI is InChI=1S/C13H21N5O3/c1-18(10-2-3-10)5-4-15-13(21)17-11(12(19)20)6-9-7-14-8-16-9/h7-8,10-11H,2-6H2,1H3,(H,14,16)(H,19,20)(H2,15,17,21)/t11-/m0/s1. The summed E-state index contributed by atoms with van der Waals surface area (Å²) in [6.07, 6.45) is 5.62. The Morgan fingerprint density at radius 3 is 2.90 bits per heavy atom. The molecule has 0 aromatic carbocycles. The van der Waals surface area contributed by atoms with Gasteiger partial charge in [0.15, 0.2) is 0 Å². The number of nitrogens with zero attached hydrogens (tertiary/aromatic N) is 2. The molecule has 2 amide bonds. The van der Waals surface area contributed by atoms with E-state index in [1.807, 2.05) is 7.05 Å². The molecule has 2 rings (SSSR count). The molecule has 0 aliphatic heterocycles. The Labute approximate surface area is 122 Å². The highest BCUT2D eigenvalue weighted by Crippen LogP contribution is 2.24. The number of urea groups is 1. The van der Waals surface area contributed by atoms with Gasteiger partial charge in [-0.1, -0.05) is 0 Å². The fraction of sp³-hybridized carbons (Fsp3) is 0.615. The van der Waals surface area contributed by atoms with Gasteiger partial charge in [0, 0.05) is 37.4 Å². The second kappa shape index (κ2) is 7.07. The maximum absolute atomic E-state index is 11.7. The first-order chi connectivity index (χ1) is 10.1. The lowest BCUT2D eigenvalue weighted by Gasteiger charge is -2.17. The molecule has 1 saturated carbocycles. The number of imidazole rings is 1. The van der Waals surface area contributed by atoms with Gasteiger partial charge in [-0.25, -0.2) is 14.6 Å². The van der Waals surface area contributed by atoms with E-state index in [0.29, 0.717) is 18.3 Å². The molecule has 1 aromatic rings. The molecule has 0 unspecified atom stereocenters. The highest BCUT2D eigenvalue weighted by molar-refractivity contribution is 5.82. The fourth-order valence-corrected chi connectivity index (χ4v) is 2.07. The van der Waals surface area contributed by atoms with Gasteiger partial charge < -0.3 is 25.6 Å². The summed E-state index contributed by atoms with van der Waals surface area (Å²) in [4.78, 5) is 31.7. The molecule has 0 spiro atoms. The number of hydrogen-bond donors (Lipinski definition) is 4. The first kappa shape index (κ1) is 15.3. The number of H-pyrrole nitrogens is 1. The molecule has 116 valence electrons. The lowest BCUT2D eigenvalue weighted by molar-refractivity contribution is -0.139. The van der Waals surface area contributed by atoms with E-state index in [0.717, 1.165) is 6.54 Å². The number of carbonyl (C=O) groups excluding carboxylic acids is 1. The SMILES string of the molecule is CN(CCNC(=O)N[C@@H](Cc1cnc[nH]1)C(=O)O)C1CC1. The van der Waals surface area contributed by atoms with Crippen molar-refractivity contribution in [3.8, 4) is 0 Å². The second-order valence-electron chi connectivity index (χ2n) is 5.28. The minimum atomic E-state index is -1.07. The summed E-state index contributed by atoms with van der Waals surface area (Å²) in [6.45, 7) is 1.26. The van der Waals surface area contributed by atoms with E-state index >= 15 is 0 Å². The van der Waals surface area contributed by atoms with E-state index in [-0.39, 0.29) is 6.42 Å². The molecule has 1 aromatic heterocycles. The smallest absolute Gasteiger partial charge is 0.326 e. The van der Waals surface area contributed by atoms with Crippen LogP contribution in [0.25, 0.3) is 0 Å². The number of carbonyl (C=O) groups is 2. The van der Waals surface area contributed by atoms with Gasteiger partial charge in [-0.15, -0.1) is 0 Å². The van der Waals surface area contributed by atoms with Crippen LogP contribution in [-0.4, -0.2) is 64.2 Å². The van der Waals surface area contributed by atoms with Gasteiger partial charge >= 0.3 is 12.0 Å². The molecule has 4 N–H and O–H groups in total. The Kier molecular flexibility index (Phi) is 5.15. The number of aliphatic carboxylic acids is 1. The van der Waals surface area contributed by atoms with Gasteiger partial charge in [0.05, 0.1) is 6.33 Å². The third-order valence-electron chi connectivity index (χ3n) is 3.50. The van der Waals surface area contributed by atoms with Crippen LogP contribution < -0.4 is 10.6 Å². The number of nitrogens with one attached hydrogen (secondary N) is 3. The number of rotatable bonds is 8. The van der Waals surface area contributed by atoms with Gasteiger partial charge in [-0.3, -0.25) is 0 Å². The summed E-state index contributed by atoms with van der Waals surface area (Å²) < 4.78 is 0. The molecular weight excluding hydrogens is 274 g/mol. The third kappa shape index (κ3) is 5.07. The minimum absolute atomic E-state index is 0.171. The van der Waals surface area contributed by atoms with E-state index in [4.69, 9.17) is 5.11 Å². The van der Waals surface area contributed by atoms with Crippen LogP contribution >= 0.6 is 0 Å². The van der Waals surface area contributed by atoms with Crippen LogP contribution in [0.1, 0.15) is 18.5 Å². The number of likely N-dealkylation sites (N-methyl/N-ethyl adjacent to an activating group) is 1. The first-order valence-electron chi connectivity index (χ1n) is 7.01. The maximum Gasteiger partial charge on any atom is 0.326 e. The van der Waals surface area contributed by atoms with Crippen molar-refractivity contribution in [3.63, 3.8) is 0 Å². The Bertz CT molecular complexity index is 472. The van der Waals surface area contributed by atoms with Crippen LogP contribution in [0.2, 0.25) is 0 Å². The summed E-state index contributed by atoms with van der Waals surface area (Å²) in [5.74, 6) is -1.07. The van der Waals surface area contributed by atoms with Gasteiger partial charge in [-0.05, 0) is 19.9 Å². The molecule has 8 nitrogen and oxygen atoms in total. The molecule has 1 aliphatic rings. The molecular formula is C13H21N5O3. The van der Waals surface area contributed by atoms with E-state index in [1.165, 1.54) is 19.2 Å². The van der Waals surface area contributed by atoms with Crippen LogP contribution in [0.5, 0.6) is 0 Å². The molecule has 0 bridgehead atoms. The number of hydrogen-bond acceptors (Lipinski definition) is 4. The van der Waals surface area contributed by atoms with Gasteiger partial charge in [0.1, 0.15) is 6.04 Å². The number of aromatic nitrogens is 2. The Balaban J connectivity index is 1.71. The predicted octanol–water partition coefficient (Wildman–Crippen LogP) is -0.201. The van der Waals surface area contributed by atoms with E-state index < -0.39 is 18.0 Å². The average molecular weight is 295 g/mol. The number of amides is 2. The molecule has 1 atom stereocenters. The Hall–Kier alpha value is -2.09. The zero-order valence-electron chi connectivity index (χ0n) is 12.0. The van der Waals surface area contributed by atoms with Crippen molar-refractivity contribution in [1.29, 1.82) is 0 Å². The molecule has 0 radical (unpaired) electrons. The number of carboxylic acid groups (broad SMARTS) is 1. The van der Waals surface area contributed by atoms with E-state index in [1.54, 1.807) is 6.20 Å². The summed E-state index contributed by atoms with van der Waals surface area (Å²) in [6, 6.07) is -0.806. The monoisotopic (exact) mass is 295 g/mol. The predicted molar refractivity (Wildman–Crippen MR) is 75.9 cm³/mol. The zero-order chi connectivity index (χ0) is 15.2. The Morgan fingerprint density at radius 2 is 2.33 bits per heavy atom. The first-order valence-corrected chi connectivity index (χ1v) is 7.01. The second-order valence-corrected chi connectivity index (χ2v) is 5.28. The van der Waals surface area contributed by atoms with Gasteiger partial charge in [0.2, 0.25) is 0 Å². The van der Waals surface area contributed by atoms with Gasteiger partial charge in [-0.2, -0.15) is 0 Å². The number of aromatic amines is 1. The largest absolute Gasteiger partial charge is 0.480 e. The fourth-order valence-electron chi connectivity index (χ4n) is 2.07. The van der Waals surface area contributed by atoms with Crippen LogP contribution in [0, 0.1) is 0 Å². The van der Waals surface area contributed by atoms with Crippen molar-refractivity contribution in [3.05, 3.63) is 18.2 Å². The highest BCUT2D eigenvalue weighted by Gasteiger charge is 2.25. The molecule has 21 heavy (non-hydrogen) atoms.